The van der Waals surface area contributed by atoms with Gasteiger partial charge >= 0.3 is 12.6 Å². The van der Waals surface area contributed by atoms with E-state index < -0.39 is 12.4 Å². The number of alkyl halides is 2. The fourth-order valence-electron chi connectivity index (χ4n) is 5.60. The molecule has 11 heteroatoms. The van der Waals surface area contributed by atoms with Crippen LogP contribution in [0.25, 0.3) is 5.52 Å². The zero-order valence-corrected chi connectivity index (χ0v) is 20.9. The molecule has 5 rings (SSSR count). The molecule has 8 nitrogen and oxygen atoms in total. The second kappa shape index (κ2) is 10.9. The first-order valence-electron chi connectivity index (χ1n) is 12.7. The minimum Gasteiger partial charge on any atom is -0.469 e. The molecular formula is C27H29F3N4O4. The zero-order valence-electron chi connectivity index (χ0n) is 20.9. The van der Waals surface area contributed by atoms with Crippen molar-refractivity contribution < 1.29 is 32.2 Å². The maximum atomic E-state index is 14.2. The van der Waals surface area contributed by atoms with E-state index in [0.29, 0.717) is 55.3 Å². The summed E-state index contributed by atoms with van der Waals surface area (Å²) >= 11 is 0. The van der Waals surface area contributed by atoms with Crippen molar-refractivity contribution in [3.05, 3.63) is 59.7 Å². The second-order valence-electron chi connectivity index (χ2n) is 9.77. The van der Waals surface area contributed by atoms with E-state index in [4.69, 9.17) is 4.74 Å². The molecule has 3 heterocycles. The van der Waals surface area contributed by atoms with E-state index in [9.17, 15) is 22.8 Å². The summed E-state index contributed by atoms with van der Waals surface area (Å²) in [6, 6.07) is 7.19. The molecule has 2 aromatic heterocycles. The monoisotopic (exact) mass is 530 g/mol. The maximum Gasteiger partial charge on any atom is 0.387 e. The first-order valence-corrected chi connectivity index (χ1v) is 12.7. The van der Waals surface area contributed by atoms with E-state index in [1.807, 2.05) is 12.1 Å². The van der Waals surface area contributed by atoms with Crippen LogP contribution in [0.4, 0.5) is 18.9 Å². The van der Waals surface area contributed by atoms with Gasteiger partial charge in [-0.15, -0.1) is 0 Å². The minimum atomic E-state index is -3.04. The molecule has 2 fully saturated rings. The van der Waals surface area contributed by atoms with Crippen LogP contribution in [-0.4, -0.2) is 47.8 Å². The van der Waals surface area contributed by atoms with Gasteiger partial charge in [0, 0.05) is 30.5 Å². The van der Waals surface area contributed by atoms with Crippen molar-refractivity contribution in [2.75, 3.05) is 18.6 Å². The lowest BCUT2D eigenvalue weighted by molar-refractivity contribution is -0.146. The number of amides is 1. The molecule has 1 N–H and O–H groups in total. The molecule has 1 saturated heterocycles. The molecule has 1 aliphatic heterocycles. The third-order valence-corrected chi connectivity index (χ3v) is 7.43. The number of nitrogens with one attached hydrogen (secondary N) is 1. The number of anilines is 1. The highest BCUT2D eigenvalue weighted by Gasteiger charge is 2.30. The number of esters is 1. The molecule has 1 unspecified atom stereocenters. The molecule has 1 aliphatic carbocycles. The third kappa shape index (κ3) is 5.41. The molecule has 202 valence electrons. The number of hydrogen-bond acceptors (Lipinski definition) is 6. The topological polar surface area (TPSA) is 85.2 Å². The van der Waals surface area contributed by atoms with Crippen LogP contribution >= 0.6 is 0 Å². The highest BCUT2D eigenvalue weighted by molar-refractivity contribution is 6.01. The number of halogens is 3. The van der Waals surface area contributed by atoms with Crippen LogP contribution in [0.15, 0.2) is 42.7 Å². The van der Waals surface area contributed by atoms with Gasteiger partial charge in [-0.25, -0.2) is 8.91 Å². The molecular weight excluding hydrogens is 501 g/mol. The summed E-state index contributed by atoms with van der Waals surface area (Å²) in [4.78, 5) is 27.0. The first kappa shape index (κ1) is 25.9. The summed E-state index contributed by atoms with van der Waals surface area (Å²) in [6.07, 6.45) is 7.54. The second-order valence-corrected chi connectivity index (χ2v) is 9.77. The number of nitrogens with zero attached hydrogens (tertiary/aromatic N) is 3. The quantitative estimate of drug-likeness (QED) is 0.439. The van der Waals surface area contributed by atoms with Gasteiger partial charge in [-0.3, -0.25) is 9.59 Å². The van der Waals surface area contributed by atoms with Gasteiger partial charge in [-0.05, 0) is 68.4 Å². The van der Waals surface area contributed by atoms with Crippen molar-refractivity contribution in [2.45, 2.75) is 57.2 Å². The summed E-state index contributed by atoms with van der Waals surface area (Å²) in [7, 11) is 1.39. The molecule has 38 heavy (non-hydrogen) atoms. The molecule has 0 spiro atoms. The molecule has 0 radical (unpaired) electrons. The Morgan fingerprint density at radius 2 is 1.89 bits per heavy atom. The van der Waals surface area contributed by atoms with Crippen molar-refractivity contribution in [1.82, 2.24) is 14.9 Å². The molecule has 1 atom stereocenters. The standard InChI is InChI=1S/C27H29F3N4O4/c1-37-26(36)16-4-6-19(7-5-16)32-25(35)22-15-31-34-10-8-20(14-24(22)34)33-9-2-3-23(33)17-11-18(28)13-21(12-17)38-27(29)30/h8,10-16,19,23,27H,2-7,9H2,1H3,(H,32,35). The number of rotatable bonds is 7. The van der Waals surface area contributed by atoms with E-state index in [-0.39, 0.29) is 35.6 Å². The van der Waals surface area contributed by atoms with Crippen LogP contribution in [0.2, 0.25) is 0 Å². The van der Waals surface area contributed by atoms with Gasteiger partial charge in [0.15, 0.2) is 0 Å². The average Bonchev–Trinajstić information content (AvgIpc) is 3.55. The number of methoxy groups -OCH3 is 1. The lowest BCUT2D eigenvalue weighted by Gasteiger charge is -2.28. The summed E-state index contributed by atoms with van der Waals surface area (Å²) in [5.41, 5.74) is 2.41. The summed E-state index contributed by atoms with van der Waals surface area (Å²) in [6.45, 7) is -2.36. The number of hydrogen-bond donors (Lipinski definition) is 1. The first-order chi connectivity index (χ1) is 18.3. The number of ether oxygens (including phenoxy) is 2. The van der Waals surface area contributed by atoms with Crippen molar-refractivity contribution in [3.63, 3.8) is 0 Å². The Bertz CT molecular complexity index is 1320. The molecule has 0 bridgehead atoms. The number of benzene rings is 1. The largest absolute Gasteiger partial charge is 0.469 e. The fraction of sp³-hybridized carbons (Fsp3) is 0.444. The van der Waals surface area contributed by atoms with Gasteiger partial charge in [0.1, 0.15) is 11.6 Å². The van der Waals surface area contributed by atoms with Crippen molar-refractivity contribution >= 4 is 23.1 Å². The Kier molecular flexibility index (Phi) is 7.44. The van der Waals surface area contributed by atoms with Crippen LogP contribution in [0.1, 0.15) is 60.5 Å². The normalized spacial score (nSPS) is 21.6. The van der Waals surface area contributed by atoms with E-state index >= 15 is 0 Å². The summed E-state index contributed by atoms with van der Waals surface area (Å²) in [5.74, 6) is -1.43. The van der Waals surface area contributed by atoms with Gasteiger partial charge < -0.3 is 19.7 Å². The zero-order chi connectivity index (χ0) is 26.8. The van der Waals surface area contributed by atoms with Crippen LogP contribution in [0.5, 0.6) is 5.75 Å². The van der Waals surface area contributed by atoms with Crippen molar-refractivity contribution in [1.29, 1.82) is 0 Å². The highest BCUT2D eigenvalue weighted by atomic mass is 19.3. The predicted molar refractivity (Wildman–Crippen MR) is 133 cm³/mol. The summed E-state index contributed by atoms with van der Waals surface area (Å²) < 4.78 is 50.6. The Hall–Kier alpha value is -3.76. The van der Waals surface area contributed by atoms with Crippen LogP contribution in [0, 0.1) is 11.7 Å². The number of carbonyl (C=O) groups excluding carboxylic acids is 2. The van der Waals surface area contributed by atoms with Gasteiger partial charge in [-0.2, -0.15) is 13.9 Å². The van der Waals surface area contributed by atoms with Crippen molar-refractivity contribution in [2.24, 2.45) is 5.92 Å². The molecule has 1 saturated carbocycles. The molecule has 1 aromatic carbocycles. The SMILES string of the molecule is COC(=O)C1CCC(NC(=O)c2cnn3ccc(N4CCCC4c4cc(F)cc(OC(F)F)c4)cc23)CC1. The Labute approximate surface area is 217 Å². The van der Waals surface area contributed by atoms with Crippen molar-refractivity contribution in [3.8, 4) is 5.75 Å². The molecule has 1 amide bonds. The molecule has 2 aliphatic rings. The fourth-order valence-corrected chi connectivity index (χ4v) is 5.60. The lowest BCUT2D eigenvalue weighted by Crippen LogP contribution is -2.38. The van der Waals surface area contributed by atoms with E-state index in [1.165, 1.54) is 25.4 Å². The maximum absolute atomic E-state index is 14.2. The van der Waals surface area contributed by atoms with Crippen LogP contribution in [0.3, 0.4) is 0 Å². The van der Waals surface area contributed by atoms with E-state index in [2.05, 4.69) is 20.1 Å². The van der Waals surface area contributed by atoms with Gasteiger partial charge in [0.25, 0.3) is 5.91 Å². The van der Waals surface area contributed by atoms with E-state index in [0.717, 1.165) is 18.2 Å². The van der Waals surface area contributed by atoms with E-state index in [1.54, 1.807) is 10.7 Å². The lowest BCUT2D eigenvalue weighted by atomic mass is 9.86. The smallest absolute Gasteiger partial charge is 0.387 e. The third-order valence-electron chi connectivity index (χ3n) is 7.43. The highest BCUT2D eigenvalue weighted by Crippen LogP contribution is 2.38. The predicted octanol–water partition coefficient (Wildman–Crippen LogP) is 4.88. The minimum absolute atomic E-state index is 0.0397. The van der Waals surface area contributed by atoms with Crippen LogP contribution < -0.4 is 15.0 Å². The Morgan fingerprint density at radius 3 is 2.63 bits per heavy atom. The Morgan fingerprint density at radius 1 is 1.11 bits per heavy atom. The number of aromatic nitrogens is 2. The number of fused-ring (bicyclic) bond motifs is 1. The summed E-state index contributed by atoms with van der Waals surface area (Å²) in [5, 5.41) is 7.38. The molecule has 3 aromatic rings. The number of pyridine rings is 1. The number of carbonyl (C=O) groups is 2. The van der Waals surface area contributed by atoms with Gasteiger partial charge in [0.05, 0.1) is 36.3 Å². The average molecular weight is 531 g/mol. The van der Waals surface area contributed by atoms with Gasteiger partial charge in [0.2, 0.25) is 0 Å². The Balaban J connectivity index is 1.34. The van der Waals surface area contributed by atoms with Gasteiger partial charge in [-0.1, -0.05) is 0 Å². The van der Waals surface area contributed by atoms with Crippen LogP contribution in [-0.2, 0) is 9.53 Å².